The lowest BCUT2D eigenvalue weighted by Crippen LogP contribution is -2.13. The summed E-state index contributed by atoms with van der Waals surface area (Å²) in [6.45, 7) is 0. The molecule has 0 unspecified atom stereocenters. The molecule has 0 saturated heterocycles. The van der Waals surface area contributed by atoms with Crippen molar-refractivity contribution in [1.82, 2.24) is 4.57 Å². The fraction of sp³-hybridized carbons (Fsp3) is 0.115. The first-order chi connectivity index (χ1) is 26.8. The minimum atomic E-state index is 0.590. The summed E-state index contributed by atoms with van der Waals surface area (Å²) in [5.74, 6) is 0.590. The van der Waals surface area contributed by atoms with Crippen LogP contribution in [0.25, 0.3) is 60.5 Å². The largest absolute Gasteiger partial charge is 0.308 e. The molecule has 0 spiro atoms. The van der Waals surface area contributed by atoms with Crippen molar-refractivity contribution >= 4 is 49.6 Å². The van der Waals surface area contributed by atoms with Gasteiger partial charge in [0.25, 0.3) is 0 Å². The molecule has 1 aliphatic carbocycles. The van der Waals surface area contributed by atoms with E-state index in [0.717, 1.165) is 22.7 Å². The van der Waals surface area contributed by atoms with E-state index >= 15 is 0 Å². The van der Waals surface area contributed by atoms with Gasteiger partial charge in [-0.3, -0.25) is 0 Å². The molecule has 1 saturated carbocycles. The molecule has 0 bridgehead atoms. The van der Waals surface area contributed by atoms with Crippen LogP contribution >= 0.6 is 0 Å². The van der Waals surface area contributed by atoms with Gasteiger partial charge in [-0.25, -0.2) is 0 Å². The minimum Gasteiger partial charge on any atom is -0.308 e. The molecule has 54 heavy (non-hydrogen) atoms. The average molecular weight is 695 g/mol. The zero-order chi connectivity index (χ0) is 35.8. The van der Waals surface area contributed by atoms with Crippen molar-refractivity contribution in [2.24, 2.45) is 0 Å². The Hall–Kier alpha value is -6.38. The molecule has 9 aromatic rings. The molecule has 0 amide bonds. The number of anilines is 3. The van der Waals surface area contributed by atoms with Crippen molar-refractivity contribution in [2.45, 2.75) is 38.0 Å². The number of para-hydroxylation sites is 4. The highest BCUT2D eigenvalue weighted by atomic mass is 15.2. The van der Waals surface area contributed by atoms with Crippen LogP contribution in [0.2, 0.25) is 0 Å². The number of rotatable bonds is 7. The summed E-state index contributed by atoms with van der Waals surface area (Å²) in [5.41, 5.74) is 13.4. The first-order valence-electron chi connectivity index (χ1n) is 19.5. The molecular weight excluding hydrogens is 653 g/mol. The van der Waals surface area contributed by atoms with Crippen LogP contribution in [0.15, 0.2) is 188 Å². The first-order valence-corrected chi connectivity index (χ1v) is 19.5. The minimum absolute atomic E-state index is 0.590. The third-order valence-electron chi connectivity index (χ3n) is 11.6. The highest BCUT2D eigenvalue weighted by Crippen LogP contribution is 2.48. The summed E-state index contributed by atoms with van der Waals surface area (Å²) in [6.07, 6.45) is 6.50. The van der Waals surface area contributed by atoms with Crippen LogP contribution < -0.4 is 4.90 Å². The maximum atomic E-state index is 2.51. The topological polar surface area (TPSA) is 8.17 Å². The molecule has 10 rings (SSSR count). The Labute approximate surface area is 317 Å². The van der Waals surface area contributed by atoms with Gasteiger partial charge in [0.1, 0.15) is 0 Å². The monoisotopic (exact) mass is 694 g/mol. The Balaban J connectivity index is 1.26. The van der Waals surface area contributed by atoms with Gasteiger partial charge in [0.05, 0.1) is 22.4 Å². The smallest absolute Gasteiger partial charge is 0.0782 e. The van der Waals surface area contributed by atoms with Crippen LogP contribution in [0, 0.1) is 0 Å². The standard InChI is InChI=1S/C52H42N2/c1-4-17-37(18-5-1)38-33-35-42(36-34-38)53(50-32-16-29-47-45-26-11-13-31-49(45)54(52(47)50)41-23-8-3-9-24-41)48-30-12-10-25-44(48)46-28-15-22-40-21-14-27-43(51(40)46)39-19-6-2-7-20-39/h1,3-5,8-18,21-36,39H,2,6-7,19-20H2. The van der Waals surface area contributed by atoms with Crippen molar-refractivity contribution < 1.29 is 0 Å². The van der Waals surface area contributed by atoms with Gasteiger partial charge in [-0.2, -0.15) is 0 Å². The van der Waals surface area contributed by atoms with Crippen LogP contribution in [-0.4, -0.2) is 4.57 Å². The van der Waals surface area contributed by atoms with E-state index in [0.29, 0.717) is 5.92 Å². The molecule has 0 radical (unpaired) electrons. The van der Waals surface area contributed by atoms with Gasteiger partial charge < -0.3 is 9.47 Å². The van der Waals surface area contributed by atoms with Crippen LogP contribution in [0.1, 0.15) is 43.6 Å². The van der Waals surface area contributed by atoms with Gasteiger partial charge >= 0.3 is 0 Å². The van der Waals surface area contributed by atoms with Gasteiger partial charge in [0, 0.05) is 27.7 Å². The van der Waals surface area contributed by atoms with Crippen molar-refractivity contribution in [3.8, 4) is 27.9 Å². The molecule has 0 atom stereocenters. The number of hydrogen-bond acceptors (Lipinski definition) is 1. The fourth-order valence-corrected chi connectivity index (χ4v) is 9.11. The van der Waals surface area contributed by atoms with E-state index in [1.165, 1.54) is 92.5 Å². The van der Waals surface area contributed by atoms with Gasteiger partial charge in [-0.1, -0.05) is 165 Å². The highest BCUT2D eigenvalue weighted by Gasteiger charge is 2.25. The third-order valence-corrected chi connectivity index (χ3v) is 11.6. The van der Waals surface area contributed by atoms with Gasteiger partial charge in [0.15, 0.2) is 0 Å². The molecule has 2 nitrogen and oxygen atoms in total. The summed E-state index contributed by atoms with van der Waals surface area (Å²) >= 11 is 0. The summed E-state index contributed by atoms with van der Waals surface area (Å²) in [5, 5.41) is 5.20. The van der Waals surface area contributed by atoms with Crippen molar-refractivity contribution in [3.63, 3.8) is 0 Å². The lowest BCUT2D eigenvalue weighted by atomic mass is 9.80. The maximum Gasteiger partial charge on any atom is 0.0782 e. The van der Waals surface area contributed by atoms with E-state index in [4.69, 9.17) is 0 Å². The normalized spacial score (nSPS) is 13.5. The SMILES string of the molecule is c1ccc(-c2ccc(N(c3ccccc3-c3cccc4cccc(C5CCCCC5)c34)c3cccc4c5ccccc5n(-c5ccccc5)c34)cc2)cc1. The first kappa shape index (κ1) is 32.3. The van der Waals surface area contributed by atoms with E-state index in [1.807, 2.05) is 0 Å². The number of benzene rings is 8. The maximum absolute atomic E-state index is 2.51. The van der Waals surface area contributed by atoms with Crippen LogP contribution in [0.3, 0.4) is 0 Å². The molecular formula is C52H42N2. The lowest BCUT2D eigenvalue weighted by molar-refractivity contribution is 0.445. The summed E-state index contributed by atoms with van der Waals surface area (Å²) < 4.78 is 2.45. The molecule has 1 heterocycles. The third kappa shape index (κ3) is 5.58. The van der Waals surface area contributed by atoms with Crippen molar-refractivity contribution in [3.05, 3.63) is 194 Å². The van der Waals surface area contributed by atoms with E-state index in [9.17, 15) is 0 Å². The Morgan fingerprint density at radius 1 is 0.444 bits per heavy atom. The highest BCUT2D eigenvalue weighted by molar-refractivity contribution is 6.15. The van der Waals surface area contributed by atoms with Crippen LogP contribution in [0.4, 0.5) is 17.1 Å². The number of fused-ring (bicyclic) bond motifs is 4. The Kier molecular flexibility index (Phi) is 8.30. The Bertz CT molecular complexity index is 2730. The van der Waals surface area contributed by atoms with E-state index in [2.05, 4.69) is 198 Å². The second kappa shape index (κ2) is 13.9. The Morgan fingerprint density at radius 3 is 1.87 bits per heavy atom. The molecule has 0 aliphatic heterocycles. The number of nitrogens with zero attached hydrogens (tertiary/aromatic N) is 2. The van der Waals surface area contributed by atoms with E-state index in [-0.39, 0.29) is 0 Å². The second-order valence-corrected chi connectivity index (χ2v) is 14.7. The van der Waals surface area contributed by atoms with Gasteiger partial charge in [-0.05, 0) is 94.3 Å². The predicted octanol–water partition coefficient (Wildman–Crippen LogP) is 14.8. The van der Waals surface area contributed by atoms with Gasteiger partial charge in [0.2, 0.25) is 0 Å². The van der Waals surface area contributed by atoms with Crippen LogP contribution in [0.5, 0.6) is 0 Å². The molecule has 1 aromatic heterocycles. The predicted molar refractivity (Wildman–Crippen MR) is 230 cm³/mol. The van der Waals surface area contributed by atoms with Crippen LogP contribution in [-0.2, 0) is 0 Å². The average Bonchev–Trinajstić information content (AvgIpc) is 3.60. The summed E-state index contributed by atoms with van der Waals surface area (Å²) in [6, 6.07) is 69.2. The molecule has 260 valence electrons. The fourth-order valence-electron chi connectivity index (χ4n) is 9.11. The molecule has 1 fully saturated rings. The van der Waals surface area contributed by atoms with Crippen molar-refractivity contribution in [1.29, 1.82) is 0 Å². The summed E-state index contributed by atoms with van der Waals surface area (Å²) in [4.78, 5) is 2.51. The summed E-state index contributed by atoms with van der Waals surface area (Å²) in [7, 11) is 0. The number of aromatic nitrogens is 1. The molecule has 2 heteroatoms. The molecule has 1 aliphatic rings. The van der Waals surface area contributed by atoms with E-state index in [1.54, 1.807) is 0 Å². The quantitative estimate of drug-likeness (QED) is 0.161. The zero-order valence-electron chi connectivity index (χ0n) is 30.4. The second-order valence-electron chi connectivity index (χ2n) is 14.7. The number of hydrogen-bond donors (Lipinski definition) is 0. The molecule has 0 N–H and O–H groups in total. The van der Waals surface area contributed by atoms with Crippen molar-refractivity contribution in [2.75, 3.05) is 4.90 Å². The van der Waals surface area contributed by atoms with Gasteiger partial charge in [-0.15, -0.1) is 0 Å². The zero-order valence-corrected chi connectivity index (χ0v) is 30.4. The van der Waals surface area contributed by atoms with E-state index < -0.39 is 0 Å². The molecule has 8 aromatic carbocycles. The lowest BCUT2D eigenvalue weighted by Gasteiger charge is -2.30. The Morgan fingerprint density at radius 2 is 1.06 bits per heavy atom.